The Morgan fingerprint density at radius 3 is 2.52 bits per heavy atom. The first-order valence-electron chi connectivity index (χ1n) is 7.38. The van der Waals surface area contributed by atoms with E-state index in [1.54, 1.807) is 13.3 Å². The average Bonchev–Trinajstić information content (AvgIpc) is 3.09. The first-order chi connectivity index (χ1) is 11.3. The van der Waals surface area contributed by atoms with Crippen LogP contribution in [0.4, 0.5) is 0 Å². The average molecular weight is 301 g/mol. The quantitative estimate of drug-likeness (QED) is 0.572. The highest BCUT2D eigenvalue weighted by molar-refractivity contribution is 5.80. The highest BCUT2D eigenvalue weighted by atomic mass is 16.5. The maximum absolute atomic E-state index is 5.23. The first-order valence-corrected chi connectivity index (χ1v) is 7.38. The summed E-state index contributed by atoms with van der Waals surface area (Å²) >= 11 is 0. The second kappa shape index (κ2) is 5.57. The summed E-state index contributed by atoms with van der Waals surface area (Å²) in [5.74, 6) is 0.839. The fraction of sp³-hybridized carbons (Fsp3) is 0.0526. The van der Waals surface area contributed by atoms with Gasteiger partial charge in [0.25, 0.3) is 0 Å². The van der Waals surface area contributed by atoms with Crippen LogP contribution in [0, 0.1) is 0 Å². The number of rotatable bonds is 3. The Morgan fingerprint density at radius 1 is 0.870 bits per heavy atom. The van der Waals surface area contributed by atoms with E-state index in [4.69, 9.17) is 4.74 Å². The molecule has 23 heavy (non-hydrogen) atoms. The molecule has 0 N–H and O–H groups in total. The number of pyridine rings is 2. The van der Waals surface area contributed by atoms with E-state index in [9.17, 15) is 0 Å². The Balaban J connectivity index is 1.85. The third kappa shape index (κ3) is 2.44. The van der Waals surface area contributed by atoms with Crippen molar-refractivity contribution in [3.05, 3.63) is 73.3 Å². The summed E-state index contributed by atoms with van der Waals surface area (Å²) in [6, 6.07) is 16.1. The molecule has 0 unspecified atom stereocenters. The van der Waals surface area contributed by atoms with Gasteiger partial charge in [0, 0.05) is 41.5 Å². The number of aromatic nitrogens is 3. The highest BCUT2D eigenvalue weighted by Crippen LogP contribution is 2.31. The predicted octanol–water partition coefficient (Wildman–Crippen LogP) is 4.07. The van der Waals surface area contributed by atoms with Crippen molar-refractivity contribution in [1.82, 2.24) is 14.4 Å². The molecule has 0 saturated heterocycles. The van der Waals surface area contributed by atoms with E-state index in [2.05, 4.69) is 28.3 Å². The normalized spacial score (nSPS) is 10.8. The van der Waals surface area contributed by atoms with Crippen LogP contribution in [0.15, 0.2) is 73.3 Å². The van der Waals surface area contributed by atoms with E-state index in [0.717, 1.165) is 33.8 Å². The van der Waals surface area contributed by atoms with Gasteiger partial charge in [-0.25, -0.2) is 4.98 Å². The highest BCUT2D eigenvalue weighted by Gasteiger charge is 2.09. The van der Waals surface area contributed by atoms with Crippen LogP contribution in [0.25, 0.3) is 28.0 Å². The summed E-state index contributed by atoms with van der Waals surface area (Å²) in [6.45, 7) is 0. The molecule has 112 valence electrons. The summed E-state index contributed by atoms with van der Waals surface area (Å²) in [7, 11) is 1.67. The van der Waals surface area contributed by atoms with Gasteiger partial charge >= 0.3 is 0 Å². The molecule has 3 heterocycles. The van der Waals surface area contributed by atoms with E-state index in [1.165, 1.54) is 0 Å². The second-order valence-electron chi connectivity index (χ2n) is 5.24. The number of hydrogen-bond acceptors (Lipinski definition) is 3. The zero-order chi connectivity index (χ0) is 15.6. The minimum Gasteiger partial charge on any atom is -0.497 e. The first kappa shape index (κ1) is 13.5. The molecule has 4 heteroatoms. The largest absolute Gasteiger partial charge is 0.497 e. The second-order valence-corrected chi connectivity index (χ2v) is 5.24. The lowest BCUT2D eigenvalue weighted by Gasteiger charge is -2.10. The monoisotopic (exact) mass is 301 g/mol. The lowest BCUT2D eigenvalue weighted by Crippen LogP contribution is -1.91. The molecule has 1 aromatic carbocycles. The van der Waals surface area contributed by atoms with Gasteiger partial charge in [-0.3, -0.25) is 4.98 Å². The molecule has 0 amide bonds. The van der Waals surface area contributed by atoms with Crippen molar-refractivity contribution >= 4 is 5.65 Å². The summed E-state index contributed by atoms with van der Waals surface area (Å²) in [4.78, 5) is 8.87. The molecular formula is C19H15N3O. The van der Waals surface area contributed by atoms with Gasteiger partial charge in [-0.1, -0.05) is 6.07 Å². The van der Waals surface area contributed by atoms with E-state index in [1.807, 2.05) is 53.2 Å². The molecule has 0 radical (unpaired) electrons. The number of ether oxygens (including phenoxy) is 1. The van der Waals surface area contributed by atoms with Gasteiger partial charge in [0.1, 0.15) is 11.4 Å². The number of imidazole rings is 1. The minimum atomic E-state index is 0.839. The van der Waals surface area contributed by atoms with E-state index >= 15 is 0 Å². The van der Waals surface area contributed by atoms with Crippen LogP contribution < -0.4 is 4.74 Å². The van der Waals surface area contributed by atoms with Crippen molar-refractivity contribution < 1.29 is 4.74 Å². The standard InChI is InChI=1S/C19H15N3O/c1-23-16-7-4-14(5-8-16)19-17(3-2-10-21-19)15-6-9-18-20-11-12-22(18)13-15/h2-13H,1H3. The maximum Gasteiger partial charge on any atom is 0.136 e. The number of fused-ring (bicyclic) bond motifs is 1. The molecule has 0 atom stereocenters. The molecule has 0 spiro atoms. The molecule has 3 aromatic heterocycles. The Hall–Kier alpha value is -3.14. The van der Waals surface area contributed by atoms with Crippen molar-refractivity contribution in [2.45, 2.75) is 0 Å². The van der Waals surface area contributed by atoms with Crippen molar-refractivity contribution in [1.29, 1.82) is 0 Å². The van der Waals surface area contributed by atoms with Crippen LogP contribution in [0.3, 0.4) is 0 Å². The number of hydrogen-bond donors (Lipinski definition) is 0. The number of methoxy groups -OCH3 is 1. The number of benzene rings is 1. The maximum atomic E-state index is 5.23. The van der Waals surface area contributed by atoms with E-state index in [0.29, 0.717) is 0 Å². The van der Waals surface area contributed by atoms with Crippen molar-refractivity contribution in [3.8, 4) is 28.1 Å². The molecular weight excluding hydrogens is 286 g/mol. The number of nitrogens with zero attached hydrogens (tertiary/aromatic N) is 3. The topological polar surface area (TPSA) is 39.4 Å². The lowest BCUT2D eigenvalue weighted by molar-refractivity contribution is 0.415. The zero-order valence-corrected chi connectivity index (χ0v) is 12.7. The van der Waals surface area contributed by atoms with Gasteiger partial charge in [-0.05, 0) is 42.5 Å². The van der Waals surface area contributed by atoms with E-state index < -0.39 is 0 Å². The summed E-state index contributed by atoms with van der Waals surface area (Å²) in [5.41, 5.74) is 5.15. The fourth-order valence-electron chi connectivity index (χ4n) is 2.70. The minimum absolute atomic E-state index is 0.839. The summed E-state index contributed by atoms with van der Waals surface area (Å²) in [5, 5.41) is 0. The zero-order valence-electron chi connectivity index (χ0n) is 12.7. The van der Waals surface area contributed by atoms with Gasteiger partial charge in [0.2, 0.25) is 0 Å². The van der Waals surface area contributed by atoms with E-state index in [-0.39, 0.29) is 0 Å². The van der Waals surface area contributed by atoms with Crippen LogP contribution in [0.1, 0.15) is 0 Å². The van der Waals surface area contributed by atoms with Gasteiger partial charge in [-0.15, -0.1) is 0 Å². The van der Waals surface area contributed by atoms with Crippen molar-refractivity contribution in [3.63, 3.8) is 0 Å². The molecule has 0 fully saturated rings. The van der Waals surface area contributed by atoms with Gasteiger partial charge < -0.3 is 9.14 Å². The Bertz CT molecular complexity index is 958. The molecule has 4 rings (SSSR count). The smallest absolute Gasteiger partial charge is 0.136 e. The fourth-order valence-corrected chi connectivity index (χ4v) is 2.70. The van der Waals surface area contributed by atoms with Crippen LogP contribution in [0.5, 0.6) is 5.75 Å². The molecule has 0 saturated carbocycles. The van der Waals surface area contributed by atoms with Gasteiger partial charge in [0.05, 0.1) is 12.8 Å². The molecule has 0 bridgehead atoms. The van der Waals surface area contributed by atoms with Crippen LogP contribution in [0.2, 0.25) is 0 Å². The van der Waals surface area contributed by atoms with Crippen LogP contribution in [-0.2, 0) is 0 Å². The van der Waals surface area contributed by atoms with Crippen molar-refractivity contribution in [2.75, 3.05) is 7.11 Å². The molecule has 4 aromatic rings. The van der Waals surface area contributed by atoms with Crippen molar-refractivity contribution in [2.24, 2.45) is 0 Å². The Morgan fingerprint density at radius 2 is 1.70 bits per heavy atom. The summed E-state index contributed by atoms with van der Waals surface area (Å²) in [6.07, 6.45) is 7.64. The third-order valence-electron chi connectivity index (χ3n) is 3.87. The van der Waals surface area contributed by atoms with Crippen LogP contribution >= 0.6 is 0 Å². The lowest BCUT2D eigenvalue weighted by atomic mass is 10.0. The Labute approximate surface area is 134 Å². The Kier molecular flexibility index (Phi) is 3.27. The van der Waals surface area contributed by atoms with Gasteiger partial charge in [0.15, 0.2) is 0 Å². The SMILES string of the molecule is COc1ccc(-c2ncccc2-c2ccc3nccn3c2)cc1. The molecule has 4 nitrogen and oxygen atoms in total. The van der Waals surface area contributed by atoms with Gasteiger partial charge in [-0.2, -0.15) is 0 Å². The third-order valence-corrected chi connectivity index (χ3v) is 3.87. The summed E-state index contributed by atoms with van der Waals surface area (Å²) < 4.78 is 7.24. The molecule has 0 aliphatic rings. The predicted molar refractivity (Wildman–Crippen MR) is 90.4 cm³/mol. The van der Waals surface area contributed by atoms with Crippen LogP contribution in [-0.4, -0.2) is 21.5 Å². The molecule has 0 aliphatic heterocycles. The molecule has 0 aliphatic carbocycles.